The molecule has 0 aromatic rings. The van der Waals surface area contributed by atoms with E-state index in [0.29, 0.717) is 0 Å². The van der Waals surface area contributed by atoms with Crippen molar-refractivity contribution in [3.63, 3.8) is 0 Å². The van der Waals surface area contributed by atoms with Crippen molar-refractivity contribution in [2.45, 2.75) is 63.6 Å². The van der Waals surface area contributed by atoms with Gasteiger partial charge in [0.25, 0.3) is 0 Å². The zero-order chi connectivity index (χ0) is 10.9. The van der Waals surface area contributed by atoms with Gasteiger partial charge in [-0.05, 0) is 6.92 Å². The van der Waals surface area contributed by atoms with Gasteiger partial charge in [-0.1, -0.05) is 13.8 Å². The molecule has 0 aliphatic heterocycles. The van der Waals surface area contributed by atoms with Crippen molar-refractivity contribution in [1.82, 2.24) is 5.32 Å². The van der Waals surface area contributed by atoms with Gasteiger partial charge in [0, 0.05) is 31.0 Å². The summed E-state index contributed by atoms with van der Waals surface area (Å²) in [6.45, 7) is 5.65. The van der Waals surface area contributed by atoms with E-state index in [0.717, 1.165) is 0 Å². The van der Waals surface area contributed by atoms with Crippen molar-refractivity contribution in [2.24, 2.45) is 5.73 Å². The van der Waals surface area contributed by atoms with Crippen LogP contribution in [0.3, 0.4) is 0 Å². The van der Waals surface area contributed by atoms with Crippen LogP contribution < -0.4 is 11.1 Å². The minimum Gasteiger partial charge on any atom is -0.325 e. The fourth-order valence-corrected chi connectivity index (χ4v) is 2.08. The molecule has 0 aromatic carbocycles. The monoisotopic (exact) mass is 206 g/mol. The Balaban J connectivity index is 2.58. The lowest BCUT2D eigenvalue weighted by Crippen LogP contribution is -2.47. The maximum absolute atomic E-state index is 14.2. The standard InChI is InChI=1S/C10H20F2N2/c1-6(2)14-7(3)10(12)4-8(11)9(13)5-10/h6-9,14H,4-5,13H2,1-3H3/t7-,8+,9-,10-/m1/s1. The molecule has 2 nitrogen and oxygen atoms in total. The summed E-state index contributed by atoms with van der Waals surface area (Å²) in [7, 11) is 0. The molecule has 1 fully saturated rings. The van der Waals surface area contributed by atoms with Gasteiger partial charge in [-0.25, -0.2) is 8.78 Å². The normalized spacial score (nSPS) is 40.5. The molecule has 0 aromatic heterocycles. The summed E-state index contributed by atoms with van der Waals surface area (Å²) < 4.78 is 27.3. The van der Waals surface area contributed by atoms with E-state index < -0.39 is 17.9 Å². The number of hydrogen-bond donors (Lipinski definition) is 2. The lowest BCUT2D eigenvalue weighted by Gasteiger charge is -2.29. The van der Waals surface area contributed by atoms with E-state index in [1.54, 1.807) is 6.92 Å². The third-order valence-corrected chi connectivity index (χ3v) is 2.93. The second-order valence-corrected chi connectivity index (χ2v) is 4.67. The minimum atomic E-state index is -1.48. The predicted molar refractivity (Wildman–Crippen MR) is 53.7 cm³/mol. The third kappa shape index (κ3) is 2.42. The minimum absolute atomic E-state index is 0.0744. The van der Waals surface area contributed by atoms with Crippen LogP contribution in [0.5, 0.6) is 0 Å². The Morgan fingerprint density at radius 2 is 1.93 bits per heavy atom. The smallest absolute Gasteiger partial charge is 0.130 e. The summed E-state index contributed by atoms with van der Waals surface area (Å²) in [5.41, 5.74) is 4.00. The quantitative estimate of drug-likeness (QED) is 0.735. The molecule has 4 heteroatoms. The van der Waals surface area contributed by atoms with Gasteiger partial charge in [-0.2, -0.15) is 0 Å². The van der Waals surface area contributed by atoms with Crippen LogP contribution in [-0.2, 0) is 0 Å². The van der Waals surface area contributed by atoms with Crippen LogP contribution in [0.1, 0.15) is 33.6 Å². The molecule has 0 radical (unpaired) electrons. The predicted octanol–water partition coefficient (Wildman–Crippen LogP) is 1.54. The van der Waals surface area contributed by atoms with Crippen LogP contribution in [0.15, 0.2) is 0 Å². The summed E-state index contributed by atoms with van der Waals surface area (Å²) in [6, 6.07) is -0.779. The van der Waals surface area contributed by atoms with Gasteiger partial charge in [0.05, 0.1) is 0 Å². The highest BCUT2D eigenvalue weighted by molar-refractivity contribution is 5.03. The van der Waals surface area contributed by atoms with Gasteiger partial charge in [0.1, 0.15) is 11.8 Å². The SMILES string of the molecule is CC(C)N[C@H](C)[C@]1(F)C[C@@H](N)[C@@H](F)C1. The zero-order valence-corrected chi connectivity index (χ0v) is 9.06. The van der Waals surface area contributed by atoms with E-state index in [1.165, 1.54) is 0 Å². The molecule has 1 saturated carbocycles. The molecule has 0 heterocycles. The summed E-state index contributed by atoms with van der Waals surface area (Å²) >= 11 is 0. The summed E-state index contributed by atoms with van der Waals surface area (Å²) in [5, 5.41) is 3.07. The van der Waals surface area contributed by atoms with Gasteiger partial charge in [-0.15, -0.1) is 0 Å². The summed E-state index contributed by atoms with van der Waals surface area (Å²) in [4.78, 5) is 0. The average molecular weight is 206 g/mol. The van der Waals surface area contributed by atoms with E-state index in [1.807, 2.05) is 13.8 Å². The van der Waals surface area contributed by atoms with E-state index >= 15 is 0 Å². The Labute approximate surface area is 84.2 Å². The first-order valence-electron chi connectivity index (χ1n) is 5.20. The van der Waals surface area contributed by atoms with Gasteiger partial charge in [-0.3, -0.25) is 0 Å². The third-order valence-electron chi connectivity index (χ3n) is 2.93. The van der Waals surface area contributed by atoms with Crippen LogP contribution >= 0.6 is 0 Å². The van der Waals surface area contributed by atoms with Crippen LogP contribution in [0.4, 0.5) is 8.78 Å². The first-order valence-corrected chi connectivity index (χ1v) is 5.20. The Morgan fingerprint density at radius 1 is 1.36 bits per heavy atom. The van der Waals surface area contributed by atoms with E-state index in [2.05, 4.69) is 5.32 Å². The van der Waals surface area contributed by atoms with E-state index in [9.17, 15) is 8.78 Å². The van der Waals surface area contributed by atoms with Crippen LogP contribution in [0, 0.1) is 0 Å². The number of nitrogens with one attached hydrogen (secondary N) is 1. The van der Waals surface area contributed by atoms with Crippen molar-refractivity contribution < 1.29 is 8.78 Å². The van der Waals surface area contributed by atoms with Crippen molar-refractivity contribution in [2.75, 3.05) is 0 Å². The molecule has 0 unspecified atom stereocenters. The first-order chi connectivity index (χ1) is 6.35. The summed E-state index contributed by atoms with van der Waals surface area (Å²) in [5.74, 6) is 0. The second-order valence-electron chi connectivity index (χ2n) is 4.67. The molecule has 0 bridgehead atoms. The van der Waals surface area contributed by atoms with E-state index in [-0.39, 0.29) is 24.9 Å². The molecule has 0 spiro atoms. The summed E-state index contributed by atoms with van der Waals surface area (Å²) in [6.07, 6.45) is -1.15. The maximum Gasteiger partial charge on any atom is 0.130 e. The highest BCUT2D eigenvalue weighted by Crippen LogP contribution is 2.37. The molecule has 4 atom stereocenters. The Kier molecular flexibility index (Phi) is 3.48. The number of rotatable bonds is 3. The van der Waals surface area contributed by atoms with Gasteiger partial charge in [0.2, 0.25) is 0 Å². The average Bonchev–Trinajstić information content (AvgIpc) is 2.26. The lowest BCUT2D eigenvalue weighted by molar-refractivity contribution is 0.106. The number of halogens is 2. The van der Waals surface area contributed by atoms with Crippen molar-refractivity contribution in [3.05, 3.63) is 0 Å². The number of hydrogen-bond acceptors (Lipinski definition) is 2. The Bertz CT molecular complexity index is 187. The molecular weight excluding hydrogens is 186 g/mol. The highest BCUT2D eigenvalue weighted by Gasteiger charge is 2.48. The fourth-order valence-electron chi connectivity index (χ4n) is 2.08. The lowest BCUT2D eigenvalue weighted by atomic mass is 9.95. The molecular formula is C10H20F2N2. The van der Waals surface area contributed by atoms with Gasteiger partial charge in [0.15, 0.2) is 0 Å². The fraction of sp³-hybridized carbons (Fsp3) is 1.00. The first kappa shape index (κ1) is 11.9. The molecule has 0 amide bonds. The largest absolute Gasteiger partial charge is 0.325 e. The molecule has 14 heavy (non-hydrogen) atoms. The van der Waals surface area contributed by atoms with Crippen molar-refractivity contribution in [3.8, 4) is 0 Å². The second kappa shape index (κ2) is 4.11. The molecule has 1 aliphatic rings. The molecule has 84 valence electrons. The topological polar surface area (TPSA) is 38.0 Å². The molecule has 1 aliphatic carbocycles. The maximum atomic E-state index is 14.2. The van der Waals surface area contributed by atoms with Crippen molar-refractivity contribution >= 4 is 0 Å². The number of alkyl halides is 2. The molecule has 1 rings (SSSR count). The molecule has 0 saturated heterocycles. The Morgan fingerprint density at radius 3 is 2.29 bits per heavy atom. The van der Waals surface area contributed by atoms with Gasteiger partial charge >= 0.3 is 0 Å². The van der Waals surface area contributed by atoms with E-state index in [4.69, 9.17) is 5.73 Å². The Hall–Kier alpha value is -0.220. The highest BCUT2D eigenvalue weighted by atomic mass is 19.2. The van der Waals surface area contributed by atoms with Gasteiger partial charge < -0.3 is 11.1 Å². The van der Waals surface area contributed by atoms with Crippen molar-refractivity contribution in [1.29, 1.82) is 0 Å². The zero-order valence-electron chi connectivity index (χ0n) is 9.06. The van der Waals surface area contributed by atoms with Crippen LogP contribution in [0.25, 0.3) is 0 Å². The van der Waals surface area contributed by atoms with Crippen LogP contribution in [0.2, 0.25) is 0 Å². The number of nitrogens with two attached hydrogens (primary N) is 1. The molecule has 3 N–H and O–H groups in total. The van der Waals surface area contributed by atoms with Crippen LogP contribution in [-0.4, -0.2) is 30.0 Å².